The van der Waals surface area contributed by atoms with Gasteiger partial charge in [0.15, 0.2) is 5.82 Å². The molecule has 0 amide bonds. The molecule has 0 saturated carbocycles. The number of hydrogen-bond acceptors (Lipinski definition) is 5. The van der Waals surface area contributed by atoms with Gasteiger partial charge in [-0.05, 0) is 48.3 Å². The third-order valence-corrected chi connectivity index (χ3v) is 6.08. The average Bonchev–Trinajstić information content (AvgIpc) is 3.28. The molecule has 4 rings (SSSR count). The van der Waals surface area contributed by atoms with Crippen LogP contribution < -0.4 is 4.90 Å². The lowest BCUT2D eigenvalue weighted by molar-refractivity contribution is 0.194. The number of rotatable bonds is 4. The fourth-order valence-electron chi connectivity index (χ4n) is 3.23. The molecule has 26 heavy (non-hydrogen) atoms. The summed E-state index contributed by atoms with van der Waals surface area (Å²) in [5.41, 5.74) is 2.49. The molecule has 1 aromatic carbocycles. The van der Waals surface area contributed by atoms with E-state index in [-0.39, 0.29) is 0 Å². The van der Waals surface area contributed by atoms with Crippen molar-refractivity contribution < 1.29 is 0 Å². The Morgan fingerprint density at radius 2 is 2.04 bits per heavy atom. The van der Waals surface area contributed by atoms with Crippen LogP contribution >= 0.6 is 35.2 Å². The monoisotopic (exact) mass is 405 g/mol. The molecule has 0 aliphatic carbocycles. The van der Waals surface area contributed by atoms with E-state index in [1.807, 2.05) is 22.2 Å². The fourth-order valence-corrected chi connectivity index (χ4v) is 4.25. The minimum Gasteiger partial charge on any atom is -0.369 e. The van der Waals surface area contributed by atoms with Crippen molar-refractivity contribution in [1.29, 1.82) is 0 Å². The molecule has 5 nitrogen and oxygen atoms in total. The van der Waals surface area contributed by atoms with E-state index in [9.17, 15) is 0 Å². The van der Waals surface area contributed by atoms with Gasteiger partial charge in [0.1, 0.15) is 0 Å². The maximum atomic E-state index is 6.17. The number of hydrogen-bond donors (Lipinski definition) is 1. The number of aromatic nitrogens is 3. The van der Waals surface area contributed by atoms with Crippen LogP contribution in [0.3, 0.4) is 0 Å². The molecule has 1 N–H and O–H groups in total. The molecule has 1 aliphatic heterocycles. The fraction of sp³-hybridized carbons (Fsp3) is 0.333. The quantitative estimate of drug-likeness (QED) is 0.652. The van der Waals surface area contributed by atoms with Crippen LogP contribution in [-0.2, 0) is 6.67 Å². The molecule has 0 atom stereocenters. The summed E-state index contributed by atoms with van der Waals surface area (Å²) >= 11 is 13.3. The van der Waals surface area contributed by atoms with E-state index >= 15 is 0 Å². The maximum Gasteiger partial charge on any atom is 0.217 e. The van der Waals surface area contributed by atoms with E-state index < -0.39 is 0 Å². The van der Waals surface area contributed by atoms with Gasteiger partial charge in [-0.3, -0.25) is 10.00 Å². The summed E-state index contributed by atoms with van der Waals surface area (Å²) in [6.45, 7) is 6.76. The van der Waals surface area contributed by atoms with Crippen LogP contribution in [0.1, 0.15) is 5.56 Å². The topological polar surface area (TPSA) is 40.1 Å². The highest BCUT2D eigenvalue weighted by atomic mass is 35.5. The van der Waals surface area contributed by atoms with E-state index in [1.165, 1.54) is 11.3 Å². The first kappa shape index (κ1) is 17.7. The molecule has 0 bridgehead atoms. The first-order chi connectivity index (χ1) is 12.6. The molecule has 1 fully saturated rings. The Morgan fingerprint density at radius 1 is 1.23 bits per heavy atom. The Bertz CT molecular complexity index is 939. The van der Waals surface area contributed by atoms with Gasteiger partial charge in [-0.25, -0.2) is 4.68 Å². The Morgan fingerprint density at radius 3 is 2.77 bits per heavy atom. The maximum absolute atomic E-state index is 6.17. The zero-order valence-electron chi connectivity index (χ0n) is 14.5. The lowest BCUT2D eigenvalue weighted by Gasteiger charge is -2.36. The molecule has 3 aromatic rings. The van der Waals surface area contributed by atoms with Crippen molar-refractivity contribution in [3.05, 3.63) is 51.1 Å². The SMILES string of the molecule is Cc1ccc(Cl)cc1N1CCN(Cn2[nH]c(-c3cccs3)nc2=S)CC1. The highest BCUT2D eigenvalue weighted by Gasteiger charge is 2.19. The predicted octanol–water partition coefficient (Wildman–Crippen LogP) is 4.41. The van der Waals surface area contributed by atoms with Crippen molar-refractivity contribution in [2.45, 2.75) is 13.6 Å². The first-order valence-corrected chi connectivity index (χ1v) is 10.2. The van der Waals surface area contributed by atoms with E-state index in [4.69, 9.17) is 23.8 Å². The summed E-state index contributed by atoms with van der Waals surface area (Å²) in [6.07, 6.45) is 0. The summed E-state index contributed by atoms with van der Waals surface area (Å²) in [5, 5.41) is 6.16. The molecular weight excluding hydrogens is 386 g/mol. The average molecular weight is 406 g/mol. The van der Waals surface area contributed by atoms with Crippen LogP contribution in [0.4, 0.5) is 5.69 Å². The summed E-state index contributed by atoms with van der Waals surface area (Å²) in [7, 11) is 0. The molecule has 136 valence electrons. The highest BCUT2D eigenvalue weighted by molar-refractivity contribution is 7.71. The predicted molar refractivity (Wildman–Crippen MR) is 111 cm³/mol. The number of halogens is 1. The van der Waals surface area contributed by atoms with Gasteiger partial charge in [-0.15, -0.1) is 11.3 Å². The van der Waals surface area contributed by atoms with E-state index in [2.05, 4.69) is 45.0 Å². The summed E-state index contributed by atoms with van der Waals surface area (Å²) in [4.78, 5) is 10.4. The Balaban J connectivity index is 1.41. The first-order valence-electron chi connectivity index (χ1n) is 8.54. The smallest absolute Gasteiger partial charge is 0.217 e. The van der Waals surface area contributed by atoms with E-state index in [0.29, 0.717) is 4.77 Å². The van der Waals surface area contributed by atoms with Crippen LogP contribution in [0.5, 0.6) is 0 Å². The van der Waals surface area contributed by atoms with Crippen molar-refractivity contribution >= 4 is 40.8 Å². The van der Waals surface area contributed by atoms with Crippen molar-refractivity contribution in [3.8, 4) is 10.7 Å². The van der Waals surface area contributed by atoms with Crippen molar-refractivity contribution in [1.82, 2.24) is 19.7 Å². The molecule has 2 aromatic heterocycles. The molecule has 3 heterocycles. The molecule has 1 saturated heterocycles. The number of piperazine rings is 1. The summed E-state index contributed by atoms with van der Waals surface area (Å²) < 4.78 is 2.55. The lowest BCUT2D eigenvalue weighted by Crippen LogP contribution is -2.47. The molecule has 1 aliphatic rings. The second kappa shape index (κ2) is 7.52. The van der Waals surface area contributed by atoms with Crippen LogP contribution in [0, 0.1) is 11.7 Å². The second-order valence-electron chi connectivity index (χ2n) is 6.44. The third-order valence-electron chi connectivity index (χ3n) is 4.66. The standard InChI is InChI=1S/C18H20ClN5S2/c1-13-4-5-14(19)11-15(13)23-8-6-22(7-9-23)12-24-18(25)20-17(21-24)16-3-2-10-26-16/h2-5,10-11H,6-9,12H2,1H3,(H,20,21,25). The Labute approximate surface area is 166 Å². The molecule has 0 spiro atoms. The Hall–Kier alpha value is -1.67. The van der Waals surface area contributed by atoms with E-state index in [0.717, 1.165) is 48.6 Å². The van der Waals surface area contributed by atoms with Crippen molar-refractivity contribution in [2.24, 2.45) is 0 Å². The number of nitrogens with one attached hydrogen (secondary N) is 1. The van der Waals surface area contributed by atoms with Crippen LogP contribution in [-0.4, -0.2) is 45.8 Å². The molecule has 0 unspecified atom stereocenters. The number of H-pyrrole nitrogens is 1. The number of nitrogens with zero attached hydrogens (tertiary/aromatic N) is 4. The minimum atomic E-state index is 0.599. The van der Waals surface area contributed by atoms with Gasteiger partial charge >= 0.3 is 0 Å². The van der Waals surface area contributed by atoms with Gasteiger partial charge in [-0.2, -0.15) is 4.98 Å². The van der Waals surface area contributed by atoms with Gasteiger partial charge in [0.25, 0.3) is 0 Å². The van der Waals surface area contributed by atoms with Gasteiger partial charge in [0.05, 0.1) is 11.5 Å². The Kier molecular flexibility index (Phi) is 5.13. The summed E-state index contributed by atoms with van der Waals surface area (Å²) in [6, 6.07) is 10.2. The highest BCUT2D eigenvalue weighted by Crippen LogP contribution is 2.25. The number of aromatic amines is 1. The van der Waals surface area contributed by atoms with Crippen LogP contribution in [0.25, 0.3) is 10.7 Å². The molecule has 8 heteroatoms. The lowest BCUT2D eigenvalue weighted by atomic mass is 10.1. The minimum absolute atomic E-state index is 0.599. The number of benzene rings is 1. The zero-order chi connectivity index (χ0) is 18.1. The van der Waals surface area contributed by atoms with Crippen LogP contribution in [0.15, 0.2) is 35.7 Å². The third kappa shape index (κ3) is 3.71. The van der Waals surface area contributed by atoms with Gasteiger partial charge in [0.2, 0.25) is 4.77 Å². The zero-order valence-corrected chi connectivity index (χ0v) is 16.9. The van der Waals surface area contributed by atoms with Crippen LogP contribution in [0.2, 0.25) is 5.02 Å². The normalized spacial score (nSPS) is 15.5. The number of anilines is 1. The number of aryl methyl sites for hydroxylation is 1. The van der Waals surface area contributed by atoms with Crippen molar-refractivity contribution in [2.75, 3.05) is 31.1 Å². The molecule has 0 radical (unpaired) electrons. The van der Waals surface area contributed by atoms with E-state index in [1.54, 1.807) is 11.3 Å². The van der Waals surface area contributed by atoms with Gasteiger partial charge < -0.3 is 4.90 Å². The van der Waals surface area contributed by atoms with Crippen molar-refractivity contribution in [3.63, 3.8) is 0 Å². The second-order valence-corrected chi connectivity index (χ2v) is 8.19. The largest absolute Gasteiger partial charge is 0.369 e. The molecular formula is C18H20ClN5S2. The summed E-state index contributed by atoms with van der Waals surface area (Å²) in [5.74, 6) is 0.846. The van der Waals surface area contributed by atoms with Gasteiger partial charge in [-0.1, -0.05) is 23.7 Å². The van der Waals surface area contributed by atoms with Gasteiger partial charge in [0, 0.05) is 36.9 Å². The number of thiophene rings is 1.